The second kappa shape index (κ2) is 9.54. The van der Waals surface area contributed by atoms with Crippen molar-refractivity contribution in [3.05, 3.63) is 106 Å². The van der Waals surface area contributed by atoms with Crippen LogP contribution < -0.4 is 4.74 Å². The van der Waals surface area contributed by atoms with Crippen LogP contribution in [0.2, 0.25) is 0 Å². The Balaban J connectivity index is 1.41. The Morgan fingerprint density at radius 1 is 1.00 bits per heavy atom. The van der Waals surface area contributed by atoms with E-state index < -0.39 is 0 Å². The number of carbonyl (C=O) groups excluding carboxylic acids is 2. The van der Waals surface area contributed by atoms with E-state index in [0.29, 0.717) is 22.8 Å². The summed E-state index contributed by atoms with van der Waals surface area (Å²) in [5, 5.41) is 8.91. The quantitative estimate of drug-likeness (QED) is 0.461. The molecule has 0 unspecified atom stereocenters. The van der Waals surface area contributed by atoms with E-state index in [0.717, 1.165) is 34.0 Å². The van der Waals surface area contributed by atoms with Gasteiger partial charge in [0.25, 0.3) is 11.1 Å². The zero-order valence-electron chi connectivity index (χ0n) is 17.4. The number of carbonyl (C=O) groups is 2. The van der Waals surface area contributed by atoms with Crippen molar-refractivity contribution in [2.24, 2.45) is 0 Å². The second-order valence-electron chi connectivity index (χ2n) is 7.38. The smallest absolute Gasteiger partial charge is 0.293 e. The summed E-state index contributed by atoms with van der Waals surface area (Å²) in [6.07, 6.45) is 1.72. The molecule has 5 nitrogen and oxygen atoms in total. The first-order valence-electron chi connectivity index (χ1n) is 10.1. The molecule has 4 rings (SSSR count). The average molecular weight is 441 g/mol. The van der Waals surface area contributed by atoms with Gasteiger partial charge in [0.1, 0.15) is 12.4 Å². The van der Waals surface area contributed by atoms with Crippen molar-refractivity contribution in [3.8, 4) is 11.8 Å². The molecule has 1 aliphatic heterocycles. The monoisotopic (exact) mass is 440 g/mol. The van der Waals surface area contributed by atoms with Gasteiger partial charge in [-0.3, -0.25) is 14.5 Å². The molecule has 0 radical (unpaired) electrons. The lowest BCUT2D eigenvalue weighted by molar-refractivity contribution is -0.123. The molecule has 0 atom stereocenters. The first-order valence-corrected chi connectivity index (χ1v) is 10.9. The van der Waals surface area contributed by atoms with Gasteiger partial charge in [0.2, 0.25) is 0 Å². The number of hydrogen-bond donors (Lipinski definition) is 0. The number of hydrogen-bond acceptors (Lipinski definition) is 5. The van der Waals surface area contributed by atoms with Gasteiger partial charge in [-0.1, -0.05) is 60.2 Å². The number of benzene rings is 3. The Labute approximate surface area is 190 Å². The maximum Gasteiger partial charge on any atom is 0.293 e. The minimum atomic E-state index is -0.283. The summed E-state index contributed by atoms with van der Waals surface area (Å²) < 4.78 is 5.78. The lowest BCUT2D eigenvalue weighted by Gasteiger charge is -2.12. The molecule has 0 spiro atoms. The van der Waals surface area contributed by atoms with Gasteiger partial charge in [-0.15, -0.1) is 0 Å². The highest BCUT2D eigenvalue weighted by Gasteiger charge is 2.34. The summed E-state index contributed by atoms with van der Waals surface area (Å²) in [6, 6.07) is 24.5. The van der Waals surface area contributed by atoms with E-state index in [1.165, 1.54) is 4.90 Å². The summed E-state index contributed by atoms with van der Waals surface area (Å²) in [5.74, 6) is 0.372. The van der Waals surface area contributed by atoms with Crippen molar-refractivity contribution < 1.29 is 14.3 Å². The second-order valence-corrected chi connectivity index (χ2v) is 8.37. The molecule has 1 saturated heterocycles. The van der Waals surface area contributed by atoms with Gasteiger partial charge in [0, 0.05) is 5.56 Å². The van der Waals surface area contributed by atoms with Crippen molar-refractivity contribution in [2.75, 3.05) is 0 Å². The molecular weight excluding hydrogens is 420 g/mol. The molecule has 1 heterocycles. The summed E-state index contributed by atoms with van der Waals surface area (Å²) >= 11 is 0.952. The Morgan fingerprint density at radius 2 is 1.72 bits per heavy atom. The van der Waals surface area contributed by atoms with Crippen molar-refractivity contribution >= 4 is 29.0 Å². The third-order valence-electron chi connectivity index (χ3n) is 5.04. The zero-order valence-corrected chi connectivity index (χ0v) is 18.3. The van der Waals surface area contributed by atoms with Crippen LogP contribution in [0.3, 0.4) is 0 Å². The van der Waals surface area contributed by atoms with E-state index in [2.05, 4.69) is 6.07 Å². The highest BCUT2D eigenvalue weighted by Crippen LogP contribution is 2.33. The van der Waals surface area contributed by atoms with Crippen molar-refractivity contribution in [1.29, 1.82) is 5.26 Å². The molecule has 1 fully saturated rings. The Bertz CT molecular complexity index is 1230. The SMILES string of the molecule is Cc1ccc(CN2C(=O)S/C(=C\c3ccc(OCc4ccccc4C#N)cc3)C2=O)cc1. The molecule has 32 heavy (non-hydrogen) atoms. The van der Waals surface area contributed by atoms with E-state index in [1.807, 2.05) is 61.5 Å². The zero-order chi connectivity index (χ0) is 22.5. The first-order chi connectivity index (χ1) is 15.5. The van der Waals surface area contributed by atoms with Gasteiger partial charge in [-0.2, -0.15) is 5.26 Å². The fourth-order valence-electron chi connectivity index (χ4n) is 3.24. The van der Waals surface area contributed by atoms with Gasteiger partial charge in [-0.25, -0.2) is 0 Å². The first kappa shape index (κ1) is 21.4. The minimum absolute atomic E-state index is 0.263. The average Bonchev–Trinajstić information content (AvgIpc) is 3.07. The molecule has 0 aliphatic carbocycles. The molecule has 1 aliphatic rings. The lowest BCUT2D eigenvalue weighted by atomic mass is 10.1. The molecule has 0 N–H and O–H groups in total. The van der Waals surface area contributed by atoms with Crippen LogP contribution in [0.15, 0.2) is 77.7 Å². The number of nitriles is 1. The third kappa shape index (κ3) is 4.90. The highest BCUT2D eigenvalue weighted by molar-refractivity contribution is 8.18. The molecular formula is C26H20N2O3S. The Morgan fingerprint density at radius 3 is 2.44 bits per heavy atom. The summed E-state index contributed by atoms with van der Waals surface area (Å²) in [5.41, 5.74) is 4.26. The molecule has 6 heteroatoms. The largest absolute Gasteiger partial charge is 0.489 e. The van der Waals surface area contributed by atoms with Crippen LogP contribution in [0.1, 0.15) is 27.8 Å². The maximum atomic E-state index is 12.7. The molecule has 158 valence electrons. The van der Waals surface area contributed by atoms with E-state index in [1.54, 1.807) is 24.3 Å². The molecule has 0 saturated carbocycles. The molecule has 3 aromatic rings. The Kier molecular flexibility index (Phi) is 6.39. The van der Waals surface area contributed by atoms with Crippen LogP contribution in [0, 0.1) is 18.3 Å². The number of aryl methyl sites for hydroxylation is 1. The van der Waals surface area contributed by atoms with E-state index in [4.69, 9.17) is 4.74 Å². The van der Waals surface area contributed by atoms with Crippen LogP contribution in [0.5, 0.6) is 5.75 Å². The highest BCUT2D eigenvalue weighted by atomic mass is 32.2. The Hall–Kier alpha value is -3.82. The molecule has 0 bridgehead atoms. The van der Waals surface area contributed by atoms with Gasteiger partial charge in [-0.05, 0) is 54.1 Å². The summed E-state index contributed by atoms with van der Waals surface area (Å²) in [6.45, 7) is 2.55. The lowest BCUT2D eigenvalue weighted by Crippen LogP contribution is -2.27. The number of ether oxygens (including phenoxy) is 1. The normalized spacial score (nSPS) is 14.6. The van der Waals surface area contributed by atoms with Gasteiger partial charge >= 0.3 is 0 Å². The number of amides is 2. The number of imide groups is 1. The predicted octanol–water partition coefficient (Wildman–Crippen LogP) is 5.68. The third-order valence-corrected chi connectivity index (χ3v) is 5.95. The molecule has 0 aromatic heterocycles. The standard InChI is InChI=1S/C26H20N2O3S/c1-18-6-8-20(9-7-18)16-28-25(29)24(32-26(28)30)14-19-10-12-23(13-11-19)31-17-22-5-3-2-4-21(22)15-27/h2-14H,16-17H2,1H3/b24-14-. The number of rotatable bonds is 6. The van der Waals surface area contributed by atoms with E-state index >= 15 is 0 Å². The summed E-state index contributed by atoms with van der Waals surface area (Å²) in [7, 11) is 0. The number of thioether (sulfide) groups is 1. The maximum absolute atomic E-state index is 12.7. The van der Waals surface area contributed by atoms with E-state index in [9.17, 15) is 14.9 Å². The minimum Gasteiger partial charge on any atom is -0.489 e. The van der Waals surface area contributed by atoms with Crippen LogP contribution >= 0.6 is 11.8 Å². The van der Waals surface area contributed by atoms with Gasteiger partial charge in [0.05, 0.1) is 23.1 Å². The number of nitrogens with zero attached hydrogens (tertiary/aromatic N) is 2. The molecule has 2 amide bonds. The topological polar surface area (TPSA) is 70.4 Å². The van der Waals surface area contributed by atoms with Gasteiger partial charge < -0.3 is 4.74 Å². The fraction of sp³-hybridized carbons (Fsp3) is 0.115. The van der Waals surface area contributed by atoms with Crippen molar-refractivity contribution in [1.82, 2.24) is 4.90 Å². The van der Waals surface area contributed by atoms with Crippen molar-refractivity contribution in [3.63, 3.8) is 0 Å². The van der Waals surface area contributed by atoms with Crippen molar-refractivity contribution in [2.45, 2.75) is 20.1 Å². The summed E-state index contributed by atoms with van der Waals surface area (Å²) in [4.78, 5) is 26.8. The van der Waals surface area contributed by atoms with Crippen LogP contribution in [0.4, 0.5) is 4.79 Å². The van der Waals surface area contributed by atoms with Crippen LogP contribution in [-0.4, -0.2) is 16.0 Å². The van der Waals surface area contributed by atoms with E-state index in [-0.39, 0.29) is 17.7 Å². The van der Waals surface area contributed by atoms with Crippen LogP contribution in [-0.2, 0) is 17.9 Å². The predicted molar refractivity (Wildman–Crippen MR) is 125 cm³/mol. The van der Waals surface area contributed by atoms with Crippen LogP contribution in [0.25, 0.3) is 6.08 Å². The molecule has 3 aromatic carbocycles. The fourth-order valence-corrected chi connectivity index (χ4v) is 4.08. The van der Waals surface area contributed by atoms with Gasteiger partial charge in [0.15, 0.2) is 0 Å².